The Bertz CT molecular complexity index is 1440. The van der Waals surface area contributed by atoms with Crippen LogP contribution in [0.25, 0.3) is 33.7 Å². The number of hydrogen-bond acceptors (Lipinski definition) is 7. The number of benzene rings is 3. The Hall–Kier alpha value is -4.39. The van der Waals surface area contributed by atoms with Crippen LogP contribution in [0.1, 0.15) is 0 Å². The van der Waals surface area contributed by atoms with Crippen LogP contribution in [0.4, 0.5) is 11.5 Å². The summed E-state index contributed by atoms with van der Waals surface area (Å²) in [6, 6.07) is 28.3. The number of anilines is 2. The molecule has 0 spiro atoms. The van der Waals surface area contributed by atoms with E-state index in [0.29, 0.717) is 11.7 Å². The molecule has 5 aromatic rings. The Morgan fingerprint density at radius 3 is 2.26 bits per heavy atom. The molecule has 0 atom stereocenters. The van der Waals surface area contributed by atoms with E-state index in [0.717, 1.165) is 59.8 Å². The van der Waals surface area contributed by atoms with Gasteiger partial charge in [0.25, 0.3) is 5.89 Å². The molecule has 0 bridgehead atoms. The molecule has 0 unspecified atom stereocenters. The number of para-hydroxylation sites is 1. The molecule has 174 valence electrons. The SMILES string of the molecule is COc1ccc(N2CCN(c3cc(-c4nc(-c5ccccc5)no4)c4ccccc4n3)CC2)cc1. The predicted molar refractivity (Wildman–Crippen MR) is 138 cm³/mol. The van der Waals surface area contributed by atoms with Crippen LogP contribution in [0.3, 0.4) is 0 Å². The second kappa shape index (κ2) is 9.10. The lowest BCUT2D eigenvalue weighted by atomic mass is 10.1. The summed E-state index contributed by atoms with van der Waals surface area (Å²) in [7, 11) is 1.69. The molecule has 1 aliphatic heterocycles. The highest BCUT2D eigenvalue weighted by Gasteiger charge is 2.22. The third kappa shape index (κ3) is 4.17. The van der Waals surface area contributed by atoms with E-state index in [1.807, 2.05) is 60.7 Å². The summed E-state index contributed by atoms with van der Waals surface area (Å²) in [5.41, 5.74) is 3.95. The summed E-state index contributed by atoms with van der Waals surface area (Å²) in [5.74, 6) is 2.88. The summed E-state index contributed by atoms with van der Waals surface area (Å²) in [6.45, 7) is 3.57. The fraction of sp³-hybridized carbons (Fsp3) is 0.179. The molecule has 0 radical (unpaired) electrons. The summed E-state index contributed by atoms with van der Waals surface area (Å²) in [5, 5.41) is 5.23. The largest absolute Gasteiger partial charge is 0.497 e. The molecule has 7 nitrogen and oxygen atoms in total. The highest BCUT2D eigenvalue weighted by atomic mass is 16.5. The third-order valence-corrected chi connectivity index (χ3v) is 6.43. The minimum atomic E-state index is 0.501. The number of pyridine rings is 1. The summed E-state index contributed by atoms with van der Waals surface area (Å²) in [6.07, 6.45) is 0. The summed E-state index contributed by atoms with van der Waals surface area (Å²) < 4.78 is 11.0. The van der Waals surface area contributed by atoms with E-state index in [1.165, 1.54) is 5.69 Å². The van der Waals surface area contributed by atoms with Gasteiger partial charge in [0.1, 0.15) is 11.6 Å². The molecule has 3 heterocycles. The maximum atomic E-state index is 5.72. The van der Waals surface area contributed by atoms with E-state index < -0.39 is 0 Å². The van der Waals surface area contributed by atoms with Gasteiger partial charge < -0.3 is 19.1 Å². The molecule has 3 aromatic carbocycles. The fourth-order valence-corrected chi connectivity index (χ4v) is 4.52. The van der Waals surface area contributed by atoms with Crippen molar-refractivity contribution in [1.82, 2.24) is 15.1 Å². The van der Waals surface area contributed by atoms with Crippen molar-refractivity contribution in [1.29, 1.82) is 0 Å². The zero-order valence-corrected chi connectivity index (χ0v) is 19.5. The normalized spacial score (nSPS) is 13.9. The van der Waals surface area contributed by atoms with E-state index in [9.17, 15) is 0 Å². The van der Waals surface area contributed by atoms with Crippen LogP contribution in [0, 0.1) is 0 Å². The minimum absolute atomic E-state index is 0.501. The highest BCUT2D eigenvalue weighted by molar-refractivity contribution is 5.94. The molecule has 0 N–H and O–H groups in total. The minimum Gasteiger partial charge on any atom is -0.497 e. The van der Waals surface area contributed by atoms with Crippen LogP contribution in [-0.2, 0) is 0 Å². The smallest absolute Gasteiger partial charge is 0.259 e. The van der Waals surface area contributed by atoms with E-state index in [4.69, 9.17) is 19.2 Å². The van der Waals surface area contributed by atoms with Gasteiger partial charge in [0.2, 0.25) is 5.82 Å². The number of hydrogen-bond donors (Lipinski definition) is 0. The lowest BCUT2D eigenvalue weighted by Crippen LogP contribution is -2.46. The van der Waals surface area contributed by atoms with Crippen molar-refractivity contribution >= 4 is 22.4 Å². The maximum Gasteiger partial charge on any atom is 0.259 e. The molecular weight excluding hydrogens is 438 g/mol. The van der Waals surface area contributed by atoms with Gasteiger partial charge in [0.15, 0.2) is 0 Å². The number of methoxy groups -OCH3 is 1. The molecular formula is C28H25N5O2. The van der Waals surface area contributed by atoms with Crippen LogP contribution in [0.15, 0.2) is 89.5 Å². The average Bonchev–Trinajstić information content (AvgIpc) is 3.43. The van der Waals surface area contributed by atoms with Crippen molar-refractivity contribution < 1.29 is 9.26 Å². The number of piperazine rings is 1. The van der Waals surface area contributed by atoms with E-state index >= 15 is 0 Å². The fourth-order valence-electron chi connectivity index (χ4n) is 4.52. The Labute approximate surface area is 203 Å². The van der Waals surface area contributed by atoms with Gasteiger partial charge in [0.05, 0.1) is 18.2 Å². The van der Waals surface area contributed by atoms with Crippen molar-refractivity contribution in [2.24, 2.45) is 0 Å². The van der Waals surface area contributed by atoms with Crippen LogP contribution in [-0.4, -0.2) is 48.4 Å². The van der Waals surface area contributed by atoms with E-state index in [2.05, 4.69) is 39.2 Å². The van der Waals surface area contributed by atoms with Gasteiger partial charge in [-0.05, 0) is 36.4 Å². The lowest BCUT2D eigenvalue weighted by Gasteiger charge is -2.37. The molecule has 35 heavy (non-hydrogen) atoms. The molecule has 1 aliphatic rings. The lowest BCUT2D eigenvalue weighted by molar-refractivity contribution is 0.415. The molecule has 0 saturated carbocycles. The van der Waals surface area contributed by atoms with Gasteiger partial charge in [-0.25, -0.2) is 4.98 Å². The van der Waals surface area contributed by atoms with Gasteiger partial charge in [-0.2, -0.15) is 4.98 Å². The number of aromatic nitrogens is 3. The van der Waals surface area contributed by atoms with Crippen molar-refractivity contribution in [3.63, 3.8) is 0 Å². The number of ether oxygens (including phenoxy) is 1. The molecule has 0 amide bonds. The molecule has 1 saturated heterocycles. The van der Waals surface area contributed by atoms with Gasteiger partial charge in [-0.3, -0.25) is 0 Å². The highest BCUT2D eigenvalue weighted by Crippen LogP contribution is 2.32. The van der Waals surface area contributed by atoms with Crippen LogP contribution < -0.4 is 14.5 Å². The second-order valence-electron chi connectivity index (χ2n) is 8.51. The Kier molecular flexibility index (Phi) is 5.50. The van der Waals surface area contributed by atoms with Crippen LogP contribution in [0.5, 0.6) is 5.75 Å². The molecule has 7 heteroatoms. The molecule has 1 fully saturated rings. The first kappa shape index (κ1) is 21.2. The number of nitrogens with zero attached hydrogens (tertiary/aromatic N) is 5. The van der Waals surface area contributed by atoms with Crippen molar-refractivity contribution in [3.05, 3.63) is 84.9 Å². The van der Waals surface area contributed by atoms with Crippen LogP contribution >= 0.6 is 0 Å². The standard InChI is InChI=1S/C28H25N5O2/c1-34-22-13-11-21(12-14-22)32-15-17-33(18-16-32)26-19-24(23-9-5-6-10-25(23)29-26)28-30-27(31-35-28)20-7-3-2-4-8-20/h2-14,19H,15-18H2,1H3. The second-order valence-corrected chi connectivity index (χ2v) is 8.51. The first-order chi connectivity index (χ1) is 17.3. The quantitative estimate of drug-likeness (QED) is 0.351. The Morgan fingerprint density at radius 2 is 1.49 bits per heavy atom. The van der Waals surface area contributed by atoms with E-state index in [-0.39, 0.29) is 0 Å². The monoisotopic (exact) mass is 463 g/mol. The zero-order chi connectivity index (χ0) is 23.6. The van der Waals surface area contributed by atoms with Gasteiger partial charge in [-0.15, -0.1) is 0 Å². The average molecular weight is 464 g/mol. The molecule has 6 rings (SSSR count). The van der Waals surface area contributed by atoms with Crippen molar-refractivity contribution in [2.75, 3.05) is 43.1 Å². The molecule has 2 aromatic heterocycles. The van der Waals surface area contributed by atoms with Gasteiger partial charge in [-0.1, -0.05) is 53.7 Å². The van der Waals surface area contributed by atoms with Gasteiger partial charge >= 0.3 is 0 Å². The molecule has 0 aliphatic carbocycles. The summed E-state index contributed by atoms with van der Waals surface area (Å²) >= 11 is 0. The number of rotatable bonds is 5. The third-order valence-electron chi connectivity index (χ3n) is 6.43. The Balaban J connectivity index is 1.29. The summed E-state index contributed by atoms with van der Waals surface area (Å²) in [4.78, 5) is 14.4. The van der Waals surface area contributed by atoms with Crippen molar-refractivity contribution in [2.45, 2.75) is 0 Å². The Morgan fingerprint density at radius 1 is 0.771 bits per heavy atom. The first-order valence-corrected chi connectivity index (χ1v) is 11.7. The predicted octanol–water partition coefficient (Wildman–Crippen LogP) is 5.29. The van der Waals surface area contributed by atoms with E-state index in [1.54, 1.807) is 7.11 Å². The van der Waals surface area contributed by atoms with Crippen molar-refractivity contribution in [3.8, 4) is 28.6 Å². The zero-order valence-electron chi connectivity index (χ0n) is 19.5. The topological polar surface area (TPSA) is 67.5 Å². The van der Waals surface area contributed by atoms with Gasteiger partial charge in [0, 0.05) is 42.8 Å². The maximum absolute atomic E-state index is 5.72. The number of fused-ring (bicyclic) bond motifs is 1. The first-order valence-electron chi connectivity index (χ1n) is 11.7. The van der Waals surface area contributed by atoms with Crippen LogP contribution in [0.2, 0.25) is 0 Å².